The van der Waals surface area contributed by atoms with Crippen LogP contribution >= 0.6 is 23.4 Å². The highest BCUT2D eigenvalue weighted by Crippen LogP contribution is 2.26. The molecule has 0 fully saturated rings. The number of hydrogen-bond acceptors (Lipinski definition) is 6. The van der Waals surface area contributed by atoms with Gasteiger partial charge in [-0.05, 0) is 49.7 Å². The zero-order chi connectivity index (χ0) is 20.4. The van der Waals surface area contributed by atoms with Crippen LogP contribution in [-0.2, 0) is 5.75 Å². The maximum Gasteiger partial charge on any atom is 0.262 e. The minimum atomic E-state index is -0.0279. The normalized spacial score (nSPS) is 12.4. The third-order valence-electron chi connectivity index (χ3n) is 4.70. The average Bonchev–Trinajstić information content (AvgIpc) is 3.21. The summed E-state index contributed by atoms with van der Waals surface area (Å²) in [5, 5.41) is 5.96. The Balaban J connectivity index is 1.63. The summed E-state index contributed by atoms with van der Waals surface area (Å²) < 4.78 is 7.14. The van der Waals surface area contributed by atoms with Gasteiger partial charge < -0.3 is 4.52 Å². The van der Waals surface area contributed by atoms with E-state index in [2.05, 4.69) is 17.1 Å². The summed E-state index contributed by atoms with van der Waals surface area (Å²) in [7, 11) is 0. The van der Waals surface area contributed by atoms with Crippen molar-refractivity contribution in [1.82, 2.24) is 19.7 Å². The fourth-order valence-corrected chi connectivity index (χ4v) is 4.02. The van der Waals surface area contributed by atoms with Crippen LogP contribution in [0.3, 0.4) is 0 Å². The van der Waals surface area contributed by atoms with Gasteiger partial charge in [-0.2, -0.15) is 4.98 Å². The molecule has 8 heteroatoms. The van der Waals surface area contributed by atoms with Crippen LogP contribution in [0.5, 0.6) is 0 Å². The molecule has 0 spiro atoms. The van der Waals surface area contributed by atoms with Gasteiger partial charge in [-0.3, -0.25) is 9.36 Å². The smallest absolute Gasteiger partial charge is 0.262 e. The summed E-state index contributed by atoms with van der Waals surface area (Å²) in [6.07, 6.45) is 0.828. The highest BCUT2D eigenvalue weighted by Gasteiger charge is 2.17. The molecule has 2 aromatic heterocycles. The molecule has 4 aromatic rings. The fourth-order valence-electron chi connectivity index (χ4n) is 2.95. The lowest BCUT2D eigenvalue weighted by molar-refractivity contribution is 0.391. The first-order valence-electron chi connectivity index (χ1n) is 9.29. The lowest BCUT2D eigenvalue weighted by Crippen LogP contribution is -2.26. The zero-order valence-corrected chi connectivity index (χ0v) is 17.6. The predicted octanol–water partition coefficient (Wildman–Crippen LogP) is 5.36. The van der Waals surface area contributed by atoms with Crippen LogP contribution in [-0.4, -0.2) is 19.7 Å². The lowest BCUT2D eigenvalue weighted by atomic mass is 10.2. The van der Waals surface area contributed by atoms with Crippen LogP contribution in [0.15, 0.2) is 63.0 Å². The van der Waals surface area contributed by atoms with Crippen molar-refractivity contribution in [2.75, 3.05) is 0 Å². The molecular formula is C21H19ClN4O2S. The van der Waals surface area contributed by atoms with Crippen LogP contribution in [0.4, 0.5) is 0 Å². The Bertz CT molecular complexity index is 1200. The van der Waals surface area contributed by atoms with E-state index in [-0.39, 0.29) is 11.6 Å². The van der Waals surface area contributed by atoms with E-state index in [9.17, 15) is 4.79 Å². The summed E-state index contributed by atoms with van der Waals surface area (Å²) in [5.41, 5.74) is 1.49. The summed E-state index contributed by atoms with van der Waals surface area (Å²) in [5.74, 6) is 1.39. The van der Waals surface area contributed by atoms with E-state index in [0.29, 0.717) is 38.5 Å². The second-order valence-corrected chi connectivity index (χ2v) is 8.03. The van der Waals surface area contributed by atoms with Crippen molar-refractivity contribution in [3.63, 3.8) is 0 Å². The molecule has 0 N–H and O–H groups in total. The first kappa shape index (κ1) is 19.7. The quantitative estimate of drug-likeness (QED) is 0.305. The molecule has 0 amide bonds. The van der Waals surface area contributed by atoms with Gasteiger partial charge in [0, 0.05) is 16.6 Å². The van der Waals surface area contributed by atoms with E-state index in [1.54, 1.807) is 16.7 Å². The van der Waals surface area contributed by atoms with E-state index in [1.165, 1.54) is 11.8 Å². The number of para-hydroxylation sites is 1. The van der Waals surface area contributed by atoms with Gasteiger partial charge >= 0.3 is 0 Å². The molecule has 0 aliphatic rings. The summed E-state index contributed by atoms with van der Waals surface area (Å²) in [4.78, 5) is 22.2. The number of rotatable bonds is 6. The number of fused-ring (bicyclic) bond motifs is 1. The zero-order valence-electron chi connectivity index (χ0n) is 16.0. The second-order valence-electron chi connectivity index (χ2n) is 6.65. The molecular weight excluding hydrogens is 408 g/mol. The molecule has 0 saturated heterocycles. The molecule has 29 heavy (non-hydrogen) atoms. The maximum atomic E-state index is 13.0. The third kappa shape index (κ3) is 4.06. The molecule has 0 radical (unpaired) electrons. The first-order valence-corrected chi connectivity index (χ1v) is 10.7. The highest BCUT2D eigenvalue weighted by atomic mass is 35.5. The number of hydrogen-bond donors (Lipinski definition) is 0. The third-order valence-corrected chi connectivity index (χ3v) is 5.89. The van der Waals surface area contributed by atoms with Gasteiger partial charge in [0.05, 0.1) is 16.7 Å². The predicted molar refractivity (Wildman–Crippen MR) is 115 cm³/mol. The molecule has 4 rings (SSSR count). The van der Waals surface area contributed by atoms with Crippen molar-refractivity contribution < 1.29 is 4.52 Å². The van der Waals surface area contributed by atoms with E-state index in [4.69, 9.17) is 21.1 Å². The highest BCUT2D eigenvalue weighted by molar-refractivity contribution is 7.98. The number of benzene rings is 2. The number of aromatic nitrogens is 4. The monoisotopic (exact) mass is 426 g/mol. The Labute approximate surface area is 176 Å². The van der Waals surface area contributed by atoms with Crippen molar-refractivity contribution in [3.05, 3.63) is 69.8 Å². The molecule has 1 atom stereocenters. The van der Waals surface area contributed by atoms with Crippen LogP contribution in [0.2, 0.25) is 5.02 Å². The average molecular weight is 427 g/mol. The van der Waals surface area contributed by atoms with Crippen LogP contribution < -0.4 is 5.56 Å². The fraction of sp³-hybridized carbons (Fsp3) is 0.238. The van der Waals surface area contributed by atoms with Crippen molar-refractivity contribution in [2.24, 2.45) is 0 Å². The Hall–Kier alpha value is -2.64. The van der Waals surface area contributed by atoms with E-state index < -0.39 is 0 Å². The minimum Gasteiger partial charge on any atom is -0.338 e. The Morgan fingerprint density at radius 2 is 1.90 bits per heavy atom. The molecule has 2 aromatic carbocycles. The van der Waals surface area contributed by atoms with Gasteiger partial charge in [0.25, 0.3) is 5.56 Å². The Morgan fingerprint density at radius 3 is 2.66 bits per heavy atom. The van der Waals surface area contributed by atoms with Crippen molar-refractivity contribution >= 4 is 34.3 Å². The Morgan fingerprint density at radius 1 is 1.14 bits per heavy atom. The van der Waals surface area contributed by atoms with Gasteiger partial charge in [-0.1, -0.05) is 47.6 Å². The van der Waals surface area contributed by atoms with Crippen molar-refractivity contribution in [3.8, 4) is 11.4 Å². The maximum absolute atomic E-state index is 13.0. The van der Waals surface area contributed by atoms with Crippen LogP contribution in [0.25, 0.3) is 22.3 Å². The molecule has 0 saturated carbocycles. The standard InChI is InChI=1S/C21H19ClN4O2S/c1-3-13(2)26-20(27)16-6-4-5-7-17(16)23-21(26)29-12-18-24-19(25-28-18)14-8-10-15(22)11-9-14/h4-11,13H,3,12H2,1-2H3. The number of halogens is 1. The van der Waals surface area contributed by atoms with E-state index in [0.717, 1.165) is 12.0 Å². The SMILES string of the molecule is CCC(C)n1c(SCc2nc(-c3ccc(Cl)cc3)no2)nc2ccccc2c1=O. The first-order chi connectivity index (χ1) is 14.1. The molecule has 0 aliphatic carbocycles. The second kappa shape index (κ2) is 8.39. The molecule has 148 valence electrons. The van der Waals surface area contributed by atoms with E-state index in [1.807, 2.05) is 43.3 Å². The molecule has 6 nitrogen and oxygen atoms in total. The van der Waals surface area contributed by atoms with Crippen molar-refractivity contribution in [2.45, 2.75) is 37.2 Å². The molecule has 1 unspecified atom stereocenters. The van der Waals surface area contributed by atoms with Crippen LogP contribution in [0, 0.1) is 0 Å². The van der Waals surface area contributed by atoms with Gasteiger partial charge in [-0.25, -0.2) is 4.98 Å². The summed E-state index contributed by atoms with van der Waals surface area (Å²) in [6, 6.07) is 14.7. The van der Waals surface area contributed by atoms with Crippen molar-refractivity contribution in [1.29, 1.82) is 0 Å². The molecule has 0 aliphatic heterocycles. The topological polar surface area (TPSA) is 73.8 Å². The van der Waals surface area contributed by atoms with Gasteiger partial charge in [-0.15, -0.1) is 0 Å². The number of thioether (sulfide) groups is 1. The number of nitrogens with zero attached hydrogens (tertiary/aromatic N) is 4. The largest absolute Gasteiger partial charge is 0.338 e. The lowest BCUT2D eigenvalue weighted by Gasteiger charge is -2.17. The summed E-state index contributed by atoms with van der Waals surface area (Å²) in [6.45, 7) is 4.07. The molecule has 2 heterocycles. The van der Waals surface area contributed by atoms with Gasteiger partial charge in [0.2, 0.25) is 11.7 Å². The molecule has 0 bridgehead atoms. The van der Waals surface area contributed by atoms with Crippen LogP contribution in [0.1, 0.15) is 32.2 Å². The Kier molecular flexibility index (Phi) is 5.69. The van der Waals surface area contributed by atoms with E-state index >= 15 is 0 Å². The summed E-state index contributed by atoms with van der Waals surface area (Å²) >= 11 is 7.34. The minimum absolute atomic E-state index is 0.0279. The van der Waals surface area contributed by atoms with Gasteiger partial charge in [0.1, 0.15) is 0 Å². The van der Waals surface area contributed by atoms with Gasteiger partial charge in [0.15, 0.2) is 5.16 Å².